The van der Waals surface area contributed by atoms with Crippen molar-refractivity contribution >= 4 is 10.4 Å². The van der Waals surface area contributed by atoms with Gasteiger partial charge in [-0.3, -0.25) is 0 Å². The third-order valence-corrected chi connectivity index (χ3v) is 2.68. The van der Waals surface area contributed by atoms with E-state index in [4.69, 9.17) is 0 Å². The van der Waals surface area contributed by atoms with Crippen molar-refractivity contribution in [3.05, 3.63) is 24.7 Å². The molecule has 0 N–H and O–H groups in total. The van der Waals surface area contributed by atoms with Gasteiger partial charge < -0.3 is 8.37 Å². The fraction of sp³-hybridized carbons (Fsp3) is 0.667. The molecule has 17 heavy (non-hydrogen) atoms. The van der Waals surface area contributed by atoms with E-state index in [0.717, 1.165) is 51.0 Å². The van der Waals surface area contributed by atoms with E-state index in [2.05, 4.69) is 22.2 Å². The van der Waals surface area contributed by atoms with Crippen LogP contribution < -0.4 is 0 Å². The van der Waals surface area contributed by atoms with E-state index in [1.807, 2.05) is 0 Å². The normalized spacial score (nSPS) is 12.4. The van der Waals surface area contributed by atoms with Crippen molar-refractivity contribution in [2.24, 2.45) is 0 Å². The Hall–Kier alpha value is -0.970. The molecule has 0 amide bonds. The van der Waals surface area contributed by atoms with Gasteiger partial charge in [0, 0.05) is 0 Å². The van der Waals surface area contributed by atoms with Gasteiger partial charge >= 0.3 is 10.4 Å². The van der Waals surface area contributed by atoms with Crippen molar-refractivity contribution in [2.75, 3.05) is 0 Å². The smallest absolute Gasteiger partial charge is 0.361 e. The maximum absolute atomic E-state index is 11.1. The van der Waals surface area contributed by atoms with E-state index in [0.29, 0.717) is 0 Å². The van der Waals surface area contributed by atoms with Crippen molar-refractivity contribution in [1.82, 2.24) is 0 Å². The second-order valence-electron chi connectivity index (χ2n) is 3.63. The van der Waals surface area contributed by atoms with Gasteiger partial charge in [0.25, 0.3) is 0 Å². The summed E-state index contributed by atoms with van der Waals surface area (Å²) >= 11 is 0. The van der Waals surface area contributed by atoms with Crippen LogP contribution in [0.4, 0.5) is 0 Å². The van der Waals surface area contributed by atoms with Gasteiger partial charge in [0.05, 0.1) is 0 Å². The Labute approximate surface area is 105 Å². The third-order valence-electron chi connectivity index (χ3n) is 1.99. The van der Waals surface area contributed by atoms with Crippen molar-refractivity contribution in [3.8, 4) is 0 Å². The summed E-state index contributed by atoms with van der Waals surface area (Å²) in [5.74, 6) is 0. The molecule has 0 fully saturated rings. The molecule has 0 saturated heterocycles. The molecule has 0 aliphatic heterocycles. The molecule has 0 aromatic heterocycles. The monoisotopic (exact) mass is 262 g/mol. The molecule has 0 unspecified atom stereocenters. The number of hydrogen-bond donors (Lipinski definition) is 0. The zero-order valence-corrected chi connectivity index (χ0v) is 11.4. The number of rotatable bonds is 10. The Balaban J connectivity index is 3.80. The van der Waals surface area contributed by atoms with Crippen molar-refractivity contribution < 1.29 is 16.8 Å². The molecule has 0 radical (unpaired) electrons. The molecule has 100 valence electrons. The Morgan fingerprint density at radius 1 is 0.882 bits per heavy atom. The first kappa shape index (κ1) is 16.0. The summed E-state index contributed by atoms with van der Waals surface area (Å²) in [7, 11) is -3.93. The van der Waals surface area contributed by atoms with Crippen LogP contribution in [0.3, 0.4) is 0 Å². The van der Waals surface area contributed by atoms with Crippen LogP contribution in [-0.2, 0) is 18.8 Å². The zero-order chi connectivity index (χ0) is 13.0. The average molecular weight is 262 g/mol. The summed E-state index contributed by atoms with van der Waals surface area (Å²) in [5, 5.41) is 0. The van der Waals surface area contributed by atoms with Crippen LogP contribution in [-0.4, -0.2) is 8.42 Å². The Morgan fingerprint density at radius 2 is 1.29 bits per heavy atom. The lowest BCUT2D eigenvalue weighted by Crippen LogP contribution is -2.02. The predicted octanol–water partition coefficient (Wildman–Crippen LogP) is 3.67. The first-order valence-corrected chi connectivity index (χ1v) is 7.37. The van der Waals surface area contributed by atoms with Gasteiger partial charge in [-0.25, -0.2) is 0 Å². The van der Waals surface area contributed by atoms with Crippen LogP contribution >= 0.6 is 0 Å². The highest BCUT2D eigenvalue weighted by Crippen LogP contribution is 2.02. The lowest BCUT2D eigenvalue weighted by Gasteiger charge is -1.99. The van der Waals surface area contributed by atoms with E-state index >= 15 is 0 Å². The van der Waals surface area contributed by atoms with E-state index in [-0.39, 0.29) is 0 Å². The number of unbranched alkanes of at least 4 members (excludes halogenated alkanes) is 4. The lowest BCUT2D eigenvalue weighted by atomic mass is 10.2. The largest absolute Gasteiger partial charge is 0.499 e. The van der Waals surface area contributed by atoms with Crippen LogP contribution in [0.5, 0.6) is 0 Å². The highest BCUT2D eigenvalue weighted by molar-refractivity contribution is 7.82. The molecule has 0 aromatic rings. The summed E-state index contributed by atoms with van der Waals surface area (Å²) in [6.07, 6.45) is 11.4. The minimum atomic E-state index is -3.93. The summed E-state index contributed by atoms with van der Waals surface area (Å²) in [6, 6.07) is 0. The molecule has 0 rings (SSSR count). The standard InChI is InChI=1S/C12H22O4S/c1-3-5-7-9-11-15-17(13,14)16-12-10-8-6-4-2/h9-12H,3-8H2,1-2H3/b11-9+,12-10+. The topological polar surface area (TPSA) is 52.6 Å². The first-order chi connectivity index (χ1) is 8.12. The second kappa shape index (κ2) is 10.2. The zero-order valence-electron chi connectivity index (χ0n) is 10.6. The molecule has 0 aliphatic carbocycles. The molecular formula is C12H22O4S. The van der Waals surface area contributed by atoms with Crippen LogP contribution in [0.1, 0.15) is 52.4 Å². The van der Waals surface area contributed by atoms with E-state index < -0.39 is 10.4 Å². The van der Waals surface area contributed by atoms with Gasteiger partial charge in [0.15, 0.2) is 0 Å². The van der Waals surface area contributed by atoms with Gasteiger partial charge in [-0.15, -0.1) is 8.42 Å². The minimum Gasteiger partial charge on any atom is -0.361 e. The fourth-order valence-electron chi connectivity index (χ4n) is 1.02. The van der Waals surface area contributed by atoms with E-state index in [1.165, 1.54) is 0 Å². The maximum atomic E-state index is 11.1. The molecule has 5 heteroatoms. The molecule has 0 aromatic carbocycles. The average Bonchev–Trinajstić information content (AvgIpc) is 2.28. The van der Waals surface area contributed by atoms with Crippen LogP contribution in [0.25, 0.3) is 0 Å². The predicted molar refractivity (Wildman–Crippen MR) is 68.4 cm³/mol. The van der Waals surface area contributed by atoms with Gasteiger partial charge in [-0.05, 0) is 37.8 Å². The Morgan fingerprint density at radius 3 is 1.65 bits per heavy atom. The maximum Gasteiger partial charge on any atom is 0.499 e. The quantitative estimate of drug-likeness (QED) is 0.445. The third kappa shape index (κ3) is 11.3. The van der Waals surface area contributed by atoms with E-state index in [1.54, 1.807) is 12.2 Å². The molecule has 0 bridgehead atoms. The van der Waals surface area contributed by atoms with Gasteiger partial charge in [-0.1, -0.05) is 26.7 Å². The molecule has 0 aliphatic rings. The van der Waals surface area contributed by atoms with Gasteiger partial charge in [0.2, 0.25) is 0 Å². The molecule has 0 heterocycles. The van der Waals surface area contributed by atoms with Crippen LogP contribution in [0.2, 0.25) is 0 Å². The Kier molecular flexibility index (Phi) is 9.62. The molecule has 0 saturated carbocycles. The minimum absolute atomic E-state index is 0.804. The SMILES string of the molecule is CCCC/C=C/OS(=O)(=O)O/C=C/CCCC. The summed E-state index contributed by atoms with van der Waals surface area (Å²) in [5.41, 5.74) is 0. The summed E-state index contributed by atoms with van der Waals surface area (Å²) in [4.78, 5) is 0. The fourth-order valence-corrected chi connectivity index (χ4v) is 1.49. The van der Waals surface area contributed by atoms with Gasteiger partial charge in [-0.2, -0.15) is 0 Å². The molecule has 0 spiro atoms. The molecule has 0 atom stereocenters. The first-order valence-electron chi connectivity index (χ1n) is 6.04. The Bertz CT molecular complexity index is 291. The second-order valence-corrected chi connectivity index (χ2v) is 4.83. The molecular weight excluding hydrogens is 240 g/mol. The van der Waals surface area contributed by atoms with Crippen LogP contribution in [0.15, 0.2) is 24.7 Å². The van der Waals surface area contributed by atoms with Crippen molar-refractivity contribution in [3.63, 3.8) is 0 Å². The van der Waals surface area contributed by atoms with Crippen LogP contribution in [0, 0.1) is 0 Å². The van der Waals surface area contributed by atoms with Crippen molar-refractivity contribution in [1.29, 1.82) is 0 Å². The van der Waals surface area contributed by atoms with E-state index in [9.17, 15) is 8.42 Å². The molecule has 4 nitrogen and oxygen atoms in total. The number of hydrogen-bond acceptors (Lipinski definition) is 4. The summed E-state index contributed by atoms with van der Waals surface area (Å²) in [6.45, 7) is 4.13. The van der Waals surface area contributed by atoms with Crippen molar-refractivity contribution in [2.45, 2.75) is 52.4 Å². The summed E-state index contributed by atoms with van der Waals surface area (Å²) < 4.78 is 31.3. The highest BCUT2D eigenvalue weighted by atomic mass is 32.3. The lowest BCUT2D eigenvalue weighted by molar-refractivity contribution is 0.334. The van der Waals surface area contributed by atoms with Gasteiger partial charge in [0.1, 0.15) is 12.5 Å². The highest BCUT2D eigenvalue weighted by Gasteiger charge is 2.07. The number of allylic oxidation sites excluding steroid dienone is 2.